The largest absolute Gasteiger partial charge is 0.379 e. The number of alkyl halides is 2. The zero-order valence-corrected chi connectivity index (χ0v) is 17.0. The van der Waals surface area contributed by atoms with Gasteiger partial charge in [0.1, 0.15) is 23.6 Å². The molecule has 3 heterocycles. The minimum atomic E-state index is -2.90. The van der Waals surface area contributed by atoms with Crippen LogP contribution in [0.5, 0.6) is 0 Å². The molecule has 164 valence electrons. The summed E-state index contributed by atoms with van der Waals surface area (Å²) in [5.41, 5.74) is 0.954. The molecule has 4 rings (SSSR count). The molecule has 1 saturated heterocycles. The second-order valence-electron chi connectivity index (χ2n) is 7.53. The highest BCUT2D eigenvalue weighted by atomic mass is 19.3. The van der Waals surface area contributed by atoms with Gasteiger partial charge in [0.25, 0.3) is 6.43 Å². The third kappa shape index (κ3) is 4.51. The van der Waals surface area contributed by atoms with E-state index in [9.17, 15) is 13.2 Å². The van der Waals surface area contributed by atoms with Crippen molar-refractivity contribution in [2.75, 3.05) is 23.8 Å². The molecule has 2 aliphatic heterocycles. The Morgan fingerprint density at radius 3 is 2.84 bits per heavy atom. The molecule has 1 fully saturated rings. The Bertz CT molecular complexity index is 991. The van der Waals surface area contributed by atoms with Crippen LogP contribution in [0.4, 0.5) is 24.7 Å². The maximum absolute atomic E-state index is 14.7. The van der Waals surface area contributed by atoms with Gasteiger partial charge in [-0.1, -0.05) is 24.3 Å². The fourth-order valence-corrected chi connectivity index (χ4v) is 3.73. The van der Waals surface area contributed by atoms with E-state index in [4.69, 9.17) is 4.74 Å². The average Bonchev–Trinajstić information content (AvgIpc) is 3.25. The number of anilines is 2. The Labute approximate surface area is 178 Å². The smallest absolute Gasteiger partial charge is 0.266 e. The van der Waals surface area contributed by atoms with Crippen LogP contribution in [-0.4, -0.2) is 36.2 Å². The first-order valence-corrected chi connectivity index (χ1v) is 10.1. The molecular formula is C22H24F3N5O. The minimum Gasteiger partial charge on any atom is -0.379 e. The number of nitrogens with one attached hydrogen (secondary N) is 3. The molecule has 0 spiro atoms. The number of amidine groups is 1. The number of nitrogens with zero attached hydrogens (tertiary/aromatic N) is 2. The third-order valence-electron chi connectivity index (χ3n) is 5.28. The van der Waals surface area contributed by atoms with Crippen LogP contribution in [0.1, 0.15) is 42.5 Å². The zero-order valence-electron chi connectivity index (χ0n) is 17.0. The fraction of sp³-hybridized carbons (Fsp3) is 0.364. The number of halogens is 3. The van der Waals surface area contributed by atoms with Crippen LogP contribution in [0.3, 0.4) is 0 Å². The molecule has 1 aromatic carbocycles. The van der Waals surface area contributed by atoms with Crippen molar-refractivity contribution in [2.24, 2.45) is 4.99 Å². The predicted octanol–water partition coefficient (Wildman–Crippen LogP) is 4.39. The van der Waals surface area contributed by atoms with Gasteiger partial charge in [0.05, 0.1) is 36.1 Å². The first-order valence-electron chi connectivity index (χ1n) is 10.1. The number of aliphatic imine (C=N–C) groups is 1. The van der Waals surface area contributed by atoms with Crippen LogP contribution in [0, 0.1) is 5.82 Å². The number of pyridine rings is 1. The number of ether oxygens (including phenoxy) is 1. The van der Waals surface area contributed by atoms with Crippen molar-refractivity contribution in [2.45, 2.75) is 38.0 Å². The Kier molecular flexibility index (Phi) is 6.13. The highest BCUT2D eigenvalue weighted by Crippen LogP contribution is 2.30. The van der Waals surface area contributed by atoms with E-state index < -0.39 is 23.8 Å². The maximum atomic E-state index is 14.7. The summed E-state index contributed by atoms with van der Waals surface area (Å²) in [5, 5.41) is 9.74. The number of hydrogen-bond donors (Lipinski definition) is 3. The van der Waals surface area contributed by atoms with E-state index in [1.165, 1.54) is 18.2 Å². The second-order valence-corrected chi connectivity index (χ2v) is 7.53. The topological polar surface area (TPSA) is 70.6 Å². The molecule has 0 amide bonds. The lowest BCUT2D eigenvalue weighted by Gasteiger charge is -2.27. The number of fused-ring (bicyclic) bond motifs is 1. The molecule has 2 aliphatic rings. The van der Waals surface area contributed by atoms with Crippen LogP contribution >= 0.6 is 0 Å². The Hall–Kier alpha value is -3.07. The van der Waals surface area contributed by atoms with Crippen LogP contribution < -0.4 is 16.0 Å². The van der Waals surface area contributed by atoms with Gasteiger partial charge in [-0.25, -0.2) is 23.1 Å². The molecule has 2 aromatic rings. The molecule has 3 atom stereocenters. The molecule has 6 nitrogen and oxygen atoms in total. The summed E-state index contributed by atoms with van der Waals surface area (Å²) in [7, 11) is 0. The molecule has 1 aromatic heterocycles. The molecule has 0 radical (unpaired) electrons. The van der Waals surface area contributed by atoms with Gasteiger partial charge >= 0.3 is 0 Å². The monoisotopic (exact) mass is 431 g/mol. The van der Waals surface area contributed by atoms with Crippen LogP contribution in [0.15, 0.2) is 48.1 Å². The second kappa shape index (κ2) is 8.97. The van der Waals surface area contributed by atoms with Gasteiger partial charge in [0.2, 0.25) is 0 Å². The lowest BCUT2D eigenvalue weighted by atomic mass is 10.0. The molecule has 31 heavy (non-hydrogen) atoms. The van der Waals surface area contributed by atoms with E-state index in [-0.39, 0.29) is 17.8 Å². The highest BCUT2D eigenvalue weighted by Gasteiger charge is 2.25. The SMILES string of the molecule is C=C[C@@H](NC1=NC(C)Nc2cnc(N[C@@H]3CCOC3)cc21)c1cccc(C(F)F)c1F. The van der Waals surface area contributed by atoms with E-state index in [2.05, 4.69) is 32.5 Å². The lowest BCUT2D eigenvalue weighted by molar-refractivity contribution is 0.146. The first kappa shape index (κ1) is 21.2. The van der Waals surface area contributed by atoms with Gasteiger partial charge in [-0.3, -0.25) is 0 Å². The van der Waals surface area contributed by atoms with Crippen molar-refractivity contribution in [1.82, 2.24) is 10.3 Å². The fourth-order valence-electron chi connectivity index (χ4n) is 3.73. The van der Waals surface area contributed by atoms with E-state index >= 15 is 0 Å². The van der Waals surface area contributed by atoms with Crippen molar-refractivity contribution < 1.29 is 17.9 Å². The molecule has 0 bridgehead atoms. The van der Waals surface area contributed by atoms with Gasteiger partial charge in [0, 0.05) is 17.7 Å². The maximum Gasteiger partial charge on any atom is 0.266 e. The van der Waals surface area contributed by atoms with Gasteiger partial charge in [-0.05, 0) is 19.4 Å². The Morgan fingerprint density at radius 2 is 2.13 bits per heavy atom. The Balaban J connectivity index is 1.63. The zero-order chi connectivity index (χ0) is 22.0. The quantitative estimate of drug-likeness (QED) is 0.592. The van der Waals surface area contributed by atoms with Gasteiger partial charge in [-0.15, -0.1) is 6.58 Å². The number of hydrogen-bond acceptors (Lipinski definition) is 6. The van der Waals surface area contributed by atoms with Crippen molar-refractivity contribution in [3.63, 3.8) is 0 Å². The Morgan fingerprint density at radius 1 is 1.32 bits per heavy atom. The first-order chi connectivity index (χ1) is 15.0. The van der Waals surface area contributed by atoms with E-state index in [0.717, 1.165) is 23.7 Å². The highest BCUT2D eigenvalue weighted by molar-refractivity contribution is 6.05. The van der Waals surface area contributed by atoms with Crippen molar-refractivity contribution in [3.8, 4) is 0 Å². The minimum absolute atomic E-state index is 0.0822. The molecular weight excluding hydrogens is 407 g/mol. The summed E-state index contributed by atoms with van der Waals surface area (Å²) in [5.74, 6) is 0.221. The molecule has 9 heteroatoms. The number of rotatable bonds is 6. The van der Waals surface area contributed by atoms with Gasteiger partial charge in [-0.2, -0.15) is 0 Å². The van der Waals surface area contributed by atoms with Gasteiger partial charge < -0.3 is 20.7 Å². The van der Waals surface area contributed by atoms with Crippen LogP contribution in [0.2, 0.25) is 0 Å². The average molecular weight is 431 g/mol. The number of aromatic nitrogens is 1. The normalized spacial score (nSPS) is 21.1. The molecule has 0 aliphatic carbocycles. The summed E-state index contributed by atoms with van der Waals surface area (Å²) < 4.78 is 46.4. The molecule has 1 unspecified atom stereocenters. The van der Waals surface area contributed by atoms with E-state index in [0.29, 0.717) is 24.9 Å². The third-order valence-corrected chi connectivity index (χ3v) is 5.28. The summed E-state index contributed by atoms with van der Waals surface area (Å²) >= 11 is 0. The standard InChI is InChI=1S/C22H24F3N5O/c1-3-17(14-5-4-6-15(20(14)23)21(24)25)30-22-16-9-19(29-13-7-8-31-11-13)26-10-18(16)27-12(2)28-22/h3-6,9-10,12-13,17,21,27H,1,7-8,11H2,2H3,(H,26,29)(H,28,30)/t12?,13-,17-/m1/s1. The van der Waals surface area contributed by atoms with Crippen molar-refractivity contribution in [1.29, 1.82) is 0 Å². The van der Waals surface area contributed by atoms with Crippen LogP contribution in [0.25, 0.3) is 0 Å². The van der Waals surface area contributed by atoms with Gasteiger partial charge in [0.15, 0.2) is 0 Å². The summed E-state index contributed by atoms with van der Waals surface area (Å²) in [6, 6.07) is 5.25. The number of benzene rings is 1. The summed E-state index contributed by atoms with van der Waals surface area (Å²) in [6.07, 6.45) is 0.925. The van der Waals surface area contributed by atoms with E-state index in [1.807, 2.05) is 13.0 Å². The predicted molar refractivity (Wildman–Crippen MR) is 114 cm³/mol. The summed E-state index contributed by atoms with van der Waals surface area (Å²) in [6.45, 7) is 6.95. The summed E-state index contributed by atoms with van der Waals surface area (Å²) in [4.78, 5) is 9.04. The van der Waals surface area contributed by atoms with Crippen LogP contribution in [-0.2, 0) is 4.74 Å². The van der Waals surface area contributed by atoms with Crippen molar-refractivity contribution in [3.05, 3.63) is 65.6 Å². The molecule has 3 N–H and O–H groups in total. The van der Waals surface area contributed by atoms with Crippen molar-refractivity contribution >= 4 is 17.3 Å². The van der Waals surface area contributed by atoms with E-state index in [1.54, 1.807) is 6.20 Å². The lowest BCUT2D eigenvalue weighted by Crippen LogP contribution is -2.35. The molecule has 0 saturated carbocycles.